The van der Waals surface area contributed by atoms with Gasteiger partial charge in [0.1, 0.15) is 5.75 Å². The molecule has 0 saturated carbocycles. The van der Waals surface area contributed by atoms with Crippen LogP contribution in [0.25, 0.3) is 0 Å². The Kier molecular flexibility index (Phi) is 5.14. The SMILES string of the molecule is CC(C)c1cccc(NCc2ccccc2OC(F)F)c1. The molecule has 21 heavy (non-hydrogen) atoms. The molecule has 0 aromatic heterocycles. The quantitative estimate of drug-likeness (QED) is 0.806. The number of rotatable bonds is 6. The van der Waals surface area contributed by atoms with Crippen molar-refractivity contribution in [3.05, 3.63) is 59.7 Å². The molecule has 0 aliphatic carbocycles. The molecule has 4 heteroatoms. The number of para-hydroxylation sites is 1. The summed E-state index contributed by atoms with van der Waals surface area (Å²) in [4.78, 5) is 0. The number of anilines is 1. The van der Waals surface area contributed by atoms with E-state index in [2.05, 4.69) is 36.0 Å². The molecule has 2 rings (SSSR count). The monoisotopic (exact) mass is 291 g/mol. The lowest BCUT2D eigenvalue weighted by Crippen LogP contribution is -2.07. The Morgan fingerprint density at radius 3 is 2.52 bits per heavy atom. The summed E-state index contributed by atoms with van der Waals surface area (Å²) in [5.41, 5.74) is 2.90. The largest absolute Gasteiger partial charge is 0.434 e. The molecule has 0 atom stereocenters. The Labute approximate surface area is 123 Å². The number of halogens is 2. The van der Waals surface area contributed by atoms with E-state index in [9.17, 15) is 8.78 Å². The zero-order valence-corrected chi connectivity index (χ0v) is 12.1. The second-order valence-corrected chi connectivity index (χ2v) is 5.12. The van der Waals surface area contributed by atoms with Crippen molar-refractivity contribution in [3.8, 4) is 5.75 Å². The van der Waals surface area contributed by atoms with Gasteiger partial charge in [0, 0.05) is 17.8 Å². The second-order valence-electron chi connectivity index (χ2n) is 5.12. The molecular weight excluding hydrogens is 272 g/mol. The van der Waals surface area contributed by atoms with Crippen molar-refractivity contribution < 1.29 is 13.5 Å². The van der Waals surface area contributed by atoms with E-state index in [1.807, 2.05) is 12.1 Å². The number of nitrogens with one attached hydrogen (secondary N) is 1. The Morgan fingerprint density at radius 2 is 1.81 bits per heavy atom. The van der Waals surface area contributed by atoms with E-state index < -0.39 is 6.61 Å². The predicted molar refractivity (Wildman–Crippen MR) is 80.9 cm³/mol. The molecule has 2 nitrogen and oxygen atoms in total. The van der Waals surface area contributed by atoms with Crippen LogP contribution in [0.15, 0.2) is 48.5 Å². The summed E-state index contributed by atoms with van der Waals surface area (Å²) in [6.45, 7) is 1.88. The molecule has 0 amide bonds. The maximum Gasteiger partial charge on any atom is 0.387 e. The summed E-state index contributed by atoms with van der Waals surface area (Å²) >= 11 is 0. The molecular formula is C17H19F2NO. The van der Waals surface area contributed by atoms with Crippen molar-refractivity contribution in [3.63, 3.8) is 0 Å². The van der Waals surface area contributed by atoms with Crippen LogP contribution in [0.1, 0.15) is 30.9 Å². The van der Waals surface area contributed by atoms with Gasteiger partial charge >= 0.3 is 6.61 Å². The van der Waals surface area contributed by atoms with E-state index in [0.717, 1.165) is 5.69 Å². The van der Waals surface area contributed by atoms with Crippen LogP contribution in [-0.4, -0.2) is 6.61 Å². The molecule has 0 saturated heterocycles. The Morgan fingerprint density at radius 1 is 1.05 bits per heavy atom. The number of hydrogen-bond acceptors (Lipinski definition) is 2. The van der Waals surface area contributed by atoms with Gasteiger partial charge in [-0.3, -0.25) is 0 Å². The molecule has 2 aromatic carbocycles. The fourth-order valence-electron chi connectivity index (χ4n) is 2.07. The summed E-state index contributed by atoms with van der Waals surface area (Å²) in [5.74, 6) is 0.654. The summed E-state index contributed by atoms with van der Waals surface area (Å²) < 4.78 is 29.2. The average Bonchev–Trinajstić information content (AvgIpc) is 2.46. The minimum absolute atomic E-state index is 0.208. The first kappa shape index (κ1) is 15.3. The number of ether oxygens (including phenoxy) is 1. The molecule has 1 N–H and O–H groups in total. The third kappa shape index (κ3) is 4.45. The highest BCUT2D eigenvalue weighted by molar-refractivity contribution is 5.48. The smallest absolute Gasteiger partial charge is 0.387 e. The Balaban J connectivity index is 2.08. The van der Waals surface area contributed by atoms with Gasteiger partial charge in [-0.25, -0.2) is 0 Å². The molecule has 112 valence electrons. The van der Waals surface area contributed by atoms with Crippen LogP contribution in [0.2, 0.25) is 0 Å². The second kappa shape index (κ2) is 7.07. The third-order valence-corrected chi connectivity index (χ3v) is 3.22. The van der Waals surface area contributed by atoms with Crippen LogP contribution in [0, 0.1) is 0 Å². The summed E-state index contributed by atoms with van der Waals surface area (Å²) in [7, 11) is 0. The predicted octanol–water partition coefficient (Wildman–Crippen LogP) is 5.02. The van der Waals surface area contributed by atoms with Crippen LogP contribution < -0.4 is 10.1 Å². The number of benzene rings is 2. The lowest BCUT2D eigenvalue weighted by Gasteiger charge is -2.13. The van der Waals surface area contributed by atoms with Crippen LogP contribution >= 0.6 is 0 Å². The third-order valence-electron chi connectivity index (χ3n) is 3.22. The van der Waals surface area contributed by atoms with E-state index in [1.165, 1.54) is 5.56 Å². The lowest BCUT2D eigenvalue weighted by atomic mass is 10.0. The van der Waals surface area contributed by atoms with Gasteiger partial charge in [0.05, 0.1) is 0 Å². The molecule has 0 radical (unpaired) electrons. The topological polar surface area (TPSA) is 21.3 Å². The van der Waals surface area contributed by atoms with Gasteiger partial charge in [0.25, 0.3) is 0 Å². The first-order valence-corrected chi connectivity index (χ1v) is 6.93. The van der Waals surface area contributed by atoms with Gasteiger partial charge in [0.15, 0.2) is 0 Å². The molecule has 0 bridgehead atoms. The van der Waals surface area contributed by atoms with Crippen LogP contribution in [0.4, 0.5) is 14.5 Å². The summed E-state index contributed by atoms with van der Waals surface area (Å²) in [6.07, 6.45) is 0. The molecule has 0 heterocycles. The van der Waals surface area contributed by atoms with Crippen molar-refractivity contribution in [2.75, 3.05) is 5.32 Å². The molecule has 2 aromatic rings. The number of alkyl halides is 2. The van der Waals surface area contributed by atoms with E-state index in [-0.39, 0.29) is 5.75 Å². The van der Waals surface area contributed by atoms with Crippen molar-refractivity contribution in [1.29, 1.82) is 0 Å². The lowest BCUT2D eigenvalue weighted by molar-refractivity contribution is -0.0504. The van der Waals surface area contributed by atoms with Gasteiger partial charge < -0.3 is 10.1 Å². The fourth-order valence-corrected chi connectivity index (χ4v) is 2.07. The summed E-state index contributed by atoms with van der Waals surface area (Å²) in [5, 5.41) is 3.24. The average molecular weight is 291 g/mol. The maximum atomic E-state index is 12.4. The van der Waals surface area contributed by atoms with Crippen molar-refractivity contribution in [2.24, 2.45) is 0 Å². The van der Waals surface area contributed by atoms with Crippen molar-refractivity contribution >= 4 is 5.69 Å². The van der Waals surface area contributed by atoms with Crippen molar-refractivity contribution in [1.82, 2.24) is 0 Å². The van der Waals surface area contributed by atoms with E-state index >= 15 is 0 Å². The molecule has 0 aliphatic heterocycles. The molecule has 0 unspecified atom stereocenters. The van der Waals surface area contributed by atoms with Gasteiger partial charge in [-0.05, 0) is 29.7 Å². The van der Waals surface area contributed by atoms with Crippen molar-refractivity contribution in [2.45, 2.75) is 32.9 Å². The van der Waals surface area contributed by atoms with E-state index in [4.69, 9.17) is 0 Å². The van der Waals surface area contributed by atoms with E-state index in [1.54, 1.807) is 24.3 Å². The highest BCUT2D eigenvalue weighted by Crippen LogP contribution is 2.23. The fraction of sp³-hybridized carbons (Fsp3) is 0.294. The highest BCUT2D eigenvalue weighted by Gasteiger charge is 2.09. The van der Waals surface area contributed by atoms with Crippen LogP contribution in [0.5, 0.6) is 5.75 Å². The first-order chi connectivity index (χ1) is 10.1. The zero-order chi connectivity index (χ0) is 15.2. The summed E-state index contributed by atoms with van der Waals surface area (Å²) in [6, 6.07) is 14.9. The van der Waals surface area contributed by atoms with Gasteiger partial charge in [0.2, 0.25) is 0 Å². The first-order valence-electron chi connectivity index (χ1n) is 6.93. The number of hydrogen-bond donors (Lipinski definition) is 1. The van der Waals surface area contributed by atoms with Gasteiger partial charge in [-0.1, -0.05) is 44.2 Å². The van der Waals surface area contributed by atoms with Gasteiger partial charge in [-0.2, -0.15) is 8.78 Å². The Hall–Kier alpha value is -2.10. The Bertz CT molecular complexity index is 585. The molecule has 0 aliphatic rings. The van der Waals surface area contributed by atoms with Crippen LogP contribution in [-0.2, 0) is 6.54 Å². The molecule has 0 fully saturated rings. The minimum atomic E-state index is -2.81. The normalized spacial score (nSPS) is 11.0. The van der Waals surface area contributed by atoms with Gasteiger partial charge in [-0.15, -0.1) is 0 Å². The van der Waals surface area contributed by atoms with E-state index in [0.29, 0.717) is 18.0 Å². The highest BCUT2D eigenvalue weighted by atomic mass is 19.3. The standard InChI is InChI=1S/C17H19F2NO/c1-12(2)13-7-5-8-15(10-13)20-11-14-6-3-4-9-16(14)21-17(18)19/h3-10,12,17,20H,11H2,1-2H3. The molecule has 0 spiro atoms. The zero-order valence-electron chi connectivity index (χ0n) is 12.1. The maximum absolute atomic E-state index is 12.4. The minimum Gasteiger partial charge on any atom is -0.434 e. The van der Waals surface area contributed by atoms with Crippen LogP contribution in [0.3, 0.4) is 0 Å².